The zero-order valence-corrected chi connectivity index (χ0v) is 22.4. The Morgan fingerprint density at radius 2 is 1.77 bits per heavy atom. The number of morpholine rings is 1. The Labute approximate surface area is 232 Å². The van der Waals surface area contributed by atoms with Crippen molar-refractivity contribution in [3.05, 3.63) is 72.8 Å². The van der Waals surface area contributed by atoms with Crippen LogP contribution in [0.25, 0.3) is 27.8 Å². The third-order valence-corrected chi connectivity index (χ3v) is 7.56. The van der Waals surface area contributed by atoms with Crippen LogP contribution in [0.1, 0.15) is 5.69 Å². The van der Waals surface area contributed by atoms with Crippen LogP contribution in [0, 0.1) is 0 Å². The summed E-state index contributed by atoms with van der Waals surface area (Å²) in [5, 5.41) is 9.21. The van der Waals surface area contributed by atoms with Crippen LogP contribution in [-0.2, 0) is 11.2 Å². The van der Waals surface area contributed by atoms with Gasteiger partial charge in [-0.3, -0.25) is 4.98 Å². The van der Waals surface area contributed by atoms with E-state index in [4.69, 9.17) is 24.5 Å². The molecular formula is C30H32N8O2. The summed E-state index contributed by atoms with van der Waals surface area (Å²) in [7, 11) is 0. The number of ether oxygens (including phenoxy) is 2. The summed E-state index contributed by atoms with van der Waals surface area (Å²) in [6, 6.07) is 16.4. The van der Waals surface area contributed by atoms with Gasteiger partial charge in [0.05, 0.1) is 54.8 Å². The molecule has 10 heteroatoms. The predicted molar refractivity (Wildman–Crippen MR) is 155 cm³/mol. The zero-order valence-electron chi connectivity index (χ0n) is 22.4. The first kappa shape index (κ1) is 24.7. The molecule has 1 aromatic carbocycles. The summed E-state index contributed by atoms with van der Waals surface area (Å²) in [6.07, 6.45) is 6.20. The molecule has 40 heavy (non-hydrogen) atoms. The van der Waals surface area contributed by atoms with E-state index in [9.17, 15) is 0 Å². The van der Waals surface area contributed by atoms with Gasteiger partial charge < -0.3 is 24.6 Å². The third kappa shape index (κ3) is 4.91. The van der Waals surface area contributed by atoms with Gasteiger partial charge in [-0.2, -0.15) is 5.10 Å². The number of hydrogen-bond acceptors (Lipinski definition) is 9. The lowest BCUT2D eigenvalue weighted by molar-refractivity contribution is 0.123. The molecule has 7 rings (SSSR count). The Kier molecular flexibility index (Phi) is 6.85. The van der Waals surface area contributed by atoms with Crippen molar-refractivity contribution in [3.8, 4) is 17.0 Å². The SMILES string of the molecule is c1ccc2ncc(OCCc3nc4c(N5CCOCC5)ccnn4c3-c3ccc(N4CCNCC4)nc3)cc2c1. The average Bonchev–Trinajstić information content (AvgIpc) is 3.40. The quantitative estimate of drug-likeness (QED) is 0.337. The number of anilines is 2. The van der Waals surface area contributed by atoms with Gasteiger partial charge >= 0.3 is 0 Å². The second-order valence-electron chi connectivity index (χ2n) is 10.1. The van der Waals surface area contributed by atoms with E-state index in [2.05, 4.69) is 32.2 Å². The van der Waals surface area contributed by atoms with Crippen molar-refractivity contribution in [3.63, 3.8) is 0 Å². The highest BCUT2D eigenvalue weighted by Gasteiger charge is 2.22. The molecule has 2 saturated heterocycles. The molecule has 0 radical (unpaired) electrons. The second-order valence-corrected chi connectivity index (χ2v) is 10.1. The number of hydrogen-bond donors (Lipinski definition) is 1. The van der Waals surface area contributed by atoms with E-state index in [1.54, 1.807) is 6.20 Å². The maximum Gasteiger partial charge on any atom is 0.178 e. The normalized spacial score (nSPS) is 16.1. The third-order valence-electron chi connectivity index (χ3n) is 7.56. The fourth-order valence-electron chi connectivity index (χ4n) is 5.50. The molecule has 1 N–H and O–H groups in total. The van der Waals surface area contributed by atoms with Crippen LogP contribution < -0.4 is 19.9 Å². The van der Waals surface area contributed by atoms with Gasteiger partial charge in [-0.15, -0.1) is 0 Å². The number of piperazine rings is 1. The highest BCUT2D eigenvalue weighted by Crippen LogP contribution is 2.30. The van der Waals surface area contributed by atoms with Crippen molar-refractivity contribution in [2.24, 2.45) is 0 Å². The first-order valence-electron chi connectivity index (χ1n) is 13.9. The second kappa shape index (κ2) is 11.1. The molecule has 2 aliphatic rings. The Bertz CT molecular complexity index is 1610. The van der Waals surface area contributed by atoms with E-state index in [1.165, 1.54) is 0 Å². The first-order chi connectivity index (χ1) is 19.8. The number of fused-ring (bicyclic) bond motifs is 2. The zero-order chi connectivity index (χ0) is 26.7. The summed E-state index contributed by atoms with van der Waals surface area (Å²) < 4.78 is 13.7. The monoisotopic (exact) mass is 536 g/mol. The minimum Gasteiger partial charge on any atom is -0.492 e. The van der Waals surface area contributed by atoms with Crippen molar-refractivity contribution < 1.29 is 9.47 Å². The summed E-state index contributed by atoms with van der Waals surface area (Å²) in [4.78, 5) is 19.1. The molecule has 2 aliphatic heterocycles. The number of para-hydroxylation sites is 1. The van der Waals surface area contributed by atoms with Crippen LogP contribution in [0.3, 0.4) is 0 Å². The molecule has 0 unspecified atom stereocenters. The maximum absolute atomic E-state index is 6.16. The van der Waals surface area contributed by atoms with E-state index < -0.39 is 0 Å². The number of nitrogens with one attached hydrogen (secondary N) is 1. The van der Waals surface area contributed by atoms with Crippen LogP contribution in [0.4, 0.5) is 11.5 Å². The summed E-state index contributed by atoms with van der Waals surface area (Å²) in [5.74, 6) is 1.74. The highest BCUT2D eigenvalue weighted by molar-refractivity contribution is 5.79. The predicted octanol–water partition coefficient (Wildman–Crippen LogP) is 3.21. The van der Waals surface area contributed by atoms with Crippen molar-refractivity contribution in [1.29, 1.82) is 0 Å². The first-order valence-corrected chi connectivity index (χ1v) is 13.9. The molecule has 6 heterocycles. The number of nitrogens with zero attached hydrogens (tertiary/aromatic N) is 7. The minimum atomic E-state index is 0.468. The summed E-state index contributed by atoms with van der Waals surface area (Å²) >= 11 is 0. The number of rotatable bonds is 7. The van der Waals surface area contributed by atoms with E-state index in [0.717, 1.165) is 90.0 Å². The van der Waals surface area contributed by atoms with Crippen molar-refractivity contribution in [1.82, 2.24) is 29.9 Å². The Balaban J connectivity index is 1.21. The van der Waals surface area contributed by atoms with E-state index >= 15 is 0 Å². The lowest BCUT2D eigenvalue weighted by Gasteiger charge is -2.28. The van der Waals surface area contributed by atoms with Crippen molar-refractivity contribution in [2.75, 3.05) is 68.9 Å². The van der Waals surface area contributed by atoms with Crippen LogP contribution in [-0.4, -0.2) is 83.7 Å². The number of benzene rings is 1. The van der Waals surface area contributed by atoms with Crippen LogP contribution >= 0.6 is 0 Å². The summed E-state index contributed by atoms with van der Waals surface area (Å²) in [6.45, 7) is 7.41. The molecule has 0 atom stereocenters. The Hall–Kier alpha value is -4.28. The fourth-order valence-corrected chi connectivity index (χ4v) is 5.50. The van der Waals surface area contributed by atoms with Crippen molar-refractivity contribution >= 4 is 28.1 Å². The molecular weight excluding hydrogens is 504 g/mol. The van der Waals surface area contributed by atoms with Gasteiger partial charge in [0, 0.05) is 62.8 Å². The van der Waals surface area contributed by atoms with Gasteiger partial charge in [0.1, 0.15) is 11.6 Å². The Morgan fingerprint density at radius 1 is 0.900 bits per heavy atom. The maximum atomic E-state index is 6.16. The smallest absolute Gasteiger partial charge is 0.178 e. The van der Waals surface area contributed by atoms with Gasteiger partial charge in [-0.05, 0) is 30.3 Å². The van der Waals surface area contributed by atoms with Crippen molar-refractivity contribution in [2.45, 2.75) is 6.42 Å². The van der Waals surface area contributed by atoms with Gasteiger partial charge in [0.15, 0.2) is 5.65 Å². The Morgan fingerprint density at radius 3 is 2.62 bits per heavy atom. The van der Waals surface area contributed by atoms with Crippen LogP contribution in [0.2, 0.25) is 0 Å². The molecule has 2 fully saturated rings. The highest BCUT2D eigenvalue weighted by atomic mass is 16.5. The van der Waals surface area contributed by atoms with Gasteiger partial charge in [-0.1, -0.05) is 18.2 Å². The largest absolute Gasteiger partial charge is 0.492 e. The topological polar surface area (TPSA) is 92.9 Å². The summed E-state index contributed by atoms with van der Waals surface area (Å²) in [5.41, 5.74) is 5.73. The van der Waals surface area contributed by atoms with Crippen LogP contribution in [0.15, 0.2) is 67.1 Å². The number of pyridine rings is 2. The van der Waals surface area contributed by atoms with Gasteiger partial charge in [-0.25, -0.2) is 14.5 Å². The molecule has 0 amide bonds. The lowest BCUT2D eigenvalue weighted by atomic mass is 10.1. The van der Waals surface area contributed by atoms with Gasteiger partial charge in [0.2, 0.25) is 0 Å². The van der Waals surface area contributed by atoms with Gasteiger partial charge in [0.25, 0.3) is 0 Å². The van der Waals surface area contributed by atoms with E-state index in [1.807, 2.05) is 53.3 Å². The lowest BCUT2D eigenvalue weighted by Crippen LogP contribution is -2.43. The molecule has 0 saturated carbocycles. The molecule has 0 spiro atoms. The number of imidazole rings is 1. The molecule has 5 aromatic rings. The number of aromatic nitrogens is 5. The molecule has 0 bridgehead atoms. The standard InChI is InChI=1S/C30H32N8O2/c1-2-4-25-22(3-1)19-24(21-32-25)40-16-8-26-29(23-5-6-28(33-20-23)37-12-10-31-11-13-37)38-30(35-26)27(7-9-34-38)36-14-17-39-18-15-36/h1-7,9,19-21,31H,8,10-18H2. The molecule has 10 nitrogen and oxygen atoms in total. The molecule has 0 aliphatic carbocycles. The van der Waals surface area contributed by atoms with E-state index in [0.29, 0.717) is 26.2 Å². The minimum absolute atomic E-state index is 0.468. The average molecular weight is 537 g/mol. The fraction of sp³-hybridized carbons (Fsp3) is 0.333. The van der Waals surface area contributed by atoms with Crippen LogP contribution in [0.5, 0.6) is 5.75 Å². The molecule has 204 valence electrons. The van der Waals surface area contributed by atoms with E-state index in [-0.39, 0.29) is 0 Å². The molecule has 4 aromatic heterocycles.